The summed E-state index contributed by atoms with van der Waals surface area (Å²) in [6.45, 7) is 8.71. The summed E-state index contributed by atoms with van der Waals surface area (Å²) in [5.74, 6) is -0.533. The van der Waals surface area contributed by atoms with Gasteiger partial charge in [-0.05, 0) is 73.5 Å². The molecule has 0 aromatic heterocycles. The second-order valence-corrected chi connectivity index (χ2v) is 9.30. The second kappa shape index (κ2) is 12.3. The van der Waals surface area contributed by atoms with Crippen LogP contribution in [0.25, 0.3) is 6.08 Å². The highest BCUT2D eigenvalue weighted by molar-refractivity contribution is 7.80. The zero-order valence-corrected chi connectivity index (χ0v) is 22.0. The van der Waals surface area contributed by atoms with E-state index in [0.29, 0.717) is 35.1 Å². The van der Waals surface area contributed by atoms with Crippen molar-refractivity contribution in [1.29, 1.82) is 0 Å². The molecular formula is C27H30N4O5S. The molecule has 10 heteroatoms. The first kappa shape index (κ1) is 27.5. The van der Waals surface area contributed by atoms with Gasteiger partial charge in [-0.1, -0.05) is 26.0 Å². The Balaban J connectivity index is 1.74. The van der Waals surface area contributed by atoms with Gasteiger partial charge in [0.15, 0.2) is 5.11 Å². The van der Waals surface area contributed by atoms with Gasteiger partial charge in [0.05, 0.1) is 23.1 Å². The number of rotatable bonds is 9. The number of nitro benzene ring substituents is 1. The first-order valence-electron chi connectivity index (χ1n) is 11.9. The molecule has 1 aliphatic heterocycles. The topological polar surface area (TPSA) is 114 Å². The second-order valence-electron chi connectivity index (χ2n) is 8.91. The van der Waals surface area contributed by atoms with E-state index in [-0.39, 0.29) is 17.5 Å². The number of esters is 1. The number of thiocarbonyl (C=S) groups is 1. The Morgan fingerprint density at radius 1 is 1.19 bits per heavy atom. The van der Waals surface area contributed by atoms with Crippen molar-refractivity contribution in [3.8, 4) is 0 Å². The van der Waals surface area contributed by atoms with Gasteiger partial charge < -0.3 is 20.3 Å². The summed E-state index contributed by atoms with van der Waals surface area (Å²) in [7, 11) is 0. The maximum absolute atomic E-state index is 13.0. The molecule has 1 aliphatic rings. The van der Waals surface area contributed by atoms with Crippen molar-refractivity contribution in [2.75, 3.05) is 18.5 Å². The summed E-state index contributed by atoms with van der Waals surface area (Å²) in [6.07, 6.45) is 2.92. The summed E-state index contributed by atoms with van der Waals surface area (Å²) >= 11 is 5.53. The fourth-order valence-electron chi connectivity index (χ4n) is 3.82. The number of hydrogen-bond donors (Lipinski definition) is 2. The summed E-state index contributed by atoms with van der Waals surface area (Å²) < 4.78 is 5.55. The molecular weight excluding hydrogens is 492 g/mol. The number of benzene rings is 2. The van der Waals surface area contributed by atoms with Gasteiger partial charge in [-0.2, -0.15) is 0 Å². The van der Waals surface area contributed by atoms with Crippen molar-refractivity contribution < 1.29 is 19.2 Å². The van der Waals surface area contributed by atoms with E-state index in [0.717, 1.165) is 11.3 Å². The Morgan fingerprint density at radius 2 is 1.84 bits per heavy atom. The van der Waals surface area contributed by atoms with Gasteiger partial charge in [-0.3, -0.25) is 14.9 Å². The van der Waals surface area contributed by atoms with E-state index >= 15 is 0 Å². The average molecular weight is 523 g/mol. The minimum atomic E-state index is -0.484. The van der Waals surface area contributed by atoms with E-state index in [1.54, 1.807) is 30.3 Å². The van der Waals surface area contributed by atoms with Crippen LogP contribution in [0.5, 0.6) is 0 Å². The minimum Gasteiger partial charge on any atom is -0.462 e. The first-order valence-corrected chi connectivity index (χ1v) is 12.3. The number of nitrogens with zero attached hydrogens (tertiary/aromatic N) is 2. The first-order chi connectivity index (χ1) is 17.6. The Kier molecular flexibility index (Phi) is 9.13. The van der Waals surface area contributed by atoms with Crippen LogP contribution in [0, 0.1) is 16.0 Å². The zero-order chi connectivity index (χ0) is 27.1. The molecule has 0 radical (unpaired) electrons. The predicted octanol–water partition coefficient (Wildman–Crippen LogP) is 4.97. The third-order valence-corrected chi connectivity index (χ3v) is 6.06. The molecule has 37 heavy (non-hydrogen) atoms. The van der Waals surface area contributed by atoms with E-state index in [4.69, 9.17) is 17.0 Å². The van der Waals surface area contributed by atoms with Gasteiger partial charge >= 0.3 is 5.97 Å². The number of nitro groups is 1. The molecule has 0 fully saturated rings. The van der Waals surface area contributed by atoms with Gasteiger partial charge in [0, 0.05) is 36.1 Å². The number of anilines is 1. The Hall–Kier alpha value is -4.05. The van der Waals surface area contributed by atoms with Gasteiger partial charge in [0.2, 0.25) is 5.91 Å². The fourth-order valence-corrected chi connectivity index (χ4v) is 4.20. The van der Waals surface area contributed by atoms with Gasteiger partial charge in [0.1, 0.15) is 0 Å². The molecule has 194 valence electrons. The van der Waals surface area contributed by atoms with Crippen LogP contribution in [0.1, 0.15) is 44.9 Å². The van der Waals surface area contributed by atoms with E-state index in [9.17, 15) is 19.7 Å². The van der Waals surface area contributed by atoms with Gasteiger partial charge in [-0.25, -0.2) is 4.79 Å². The highest BCUT2D eigenvalue weighted by Crippen LogP contribution is 2.32. The van der Waals surface area contributed by atoms with Crippen LogP contribution in [-0.4, -0.2) is 40.0 Å². The lowest BCUT2D eigenvalue weighted by atomic mass is 9.94. The molecule has 2 aromatic rings. The molecule has 2 aromatic carbocycles. The molecule has 1 heterocycles. The van der Waals surface area contributed by atoms with Crippen molar-refractivity contribution in [2.45, 2.75) is 33.7 Å². The van der Waals surface area contributed by atoms with Crippen molar-refractivity contribution in [1.82, 2.24) is 10.2 Å². The third-order valence-electron chi connectivity index (χ3n) is 5.72. The Morgan fingerprint density at radius 3 is 2.41 bits per heavy atom. The number of non-ortho nitro benzene ring substituents is 1. The quantitative estimate of drug-likeness (QED) is 0.156. The van der Waals surface area contributed by atoms with Gasteiger partial charge in [0.25, 0.3) is 5.69 Å². The molecule has 9 nitrogen and oxygen atoms in total. The van der Waals surface area contributed by atoms with Crippen LogP contribution in [0.15, 0.2) is 65.9 Å². The zero-order valence-electron chi connectivity index (χ0n) is 21.2. The highest BCUT2D eigenvalue weighted by Gasteiger charge is 2.34. The highest BCUT2D eigenvalue weighted by atomic mass is 32.1. The van der Waals surface area contributed by atoms with Crippen molar-refractivity contribution in [3.05, 3.63) is 87.1 Å². The number of carbonyl (C=O) groups is 2. The van der Waals surface area contributed by atoms with Crippen LogP contribution in [-0.2, 0) is 14.3 Å². The van der Waals surface area contributed by atoms with Crippen LogP contribution in [0.3, 0.4) is 0 Å². The lowest BCUT2D eigenvalue weighted by molar-refractivity contribution is -0.384. The molecule has 0 saturated carbocycles. The molecule has 2 N–H and O–H groups in total. The largest absolute Gasteiger partial charge is 0.462 e. The summed E-state index contributed by atoms with van der Waals surface area (Å²) in [5.41, 5.74) is 3.26. The number of allylic oxidation sites excluding steroid dienone is 1. The normalized spacial score (nSPS) is 15.6. The molecule has 1 atom stereocenters. The van der Waals surface area contributed by atoms with Crippen LogP contribution in [0.2, 0.25) is 0 Å². The average Bonchev–Trinajstić information content (AvgIpc) is 2.86. The number of amides is 1. The standard InChI is InChI=1S/C27H30N4O5S/c1-5-30-18(4)24(26(33)36-16-17(2)3)25(29-27(30)37)20-9-11-21(12-10-20)28-23(32)15-8-19-6-13-22(14-7-19)31(34)35/h6-15,17,25H,5,16H2,1-4H3,(H,28,32)(H,29,37). The van der Waals surface area contributed by atoms with Crippen LogP contribution >= 0.6 is 12.2 Å². The van der Waals surface area contributed by atoms with E-state index < -0.39 is 16.9 Å². The third kappa shape index (κ3) is 7.01. The Bertz CT molecular complexity index is 1240. The molecule has 0 spiro atoms. The fraction of sp³-hybridized carbons (Fsp3) is 0.296. The van der Waals surface area contributed by atoms with E-state index in [1.807, 2.05) is 44.7 Å². The maximum atomic E-state index is 13.0. The monoisotopic (exact) mass is 522 g/mol. The smallest absolute Gasteiger partial charge is 0.338 e. The Labute approximate surface area is 221 Å². The number of ether oxygens (including phenoxy) is 1. The number of carbonyl (C=O) groups excluding carboxylic acids is 2. The minimum absolute atomic E-state index is 0.0151. The summed E-state index contributed by atoms with van der Waals surface area (Å²) in [5, 5.41) is 17.3. The van der Waals surface area contributed by atoms with Crippen molar-refractivity contribution in [3.63, 3.8) is 0 Å². The summed E-state index contributed by atoms with van der Waals surface area (Å²) in [4.78, 5) is 37.5. The molecule has 1 unspecified atom stereocenters. The van der Waals surface area contributed by atoms with E-state index in [1.165, 1.54) is 18.2 Å². The van der Waals surface area contributed by atoms with Crippen LogP contribution in [0.4, 0.5) is 11.4 Å². The lowest BCUT2D eigenvalue weighted by Gasteiger charge is -2.37. The van der Waals surface area contributed by atoms with Crippen LogP contribution < -0.4 is 10.6 Å². The number of hydrogen-bond acceptors (Lipinski definition) is 6. The van der Waals surface area contributed by atoms with Crippen molar-refractivity contribution >= 4 is 46.7 Å². The van der Waals surface area contributed by atoms with Gasteiger partial charge in [-0.15, -0.1) is 0 Å². The molecule has 0 aliphatic carbocycles. The SMILES string of the molecule is CCN1C(=S)NC(c2ccc(NC(=O)C=Cc3ccc([N+](=O)[O-])cc3)cc2)C(C(=O)OCC(C)C)=C1C. The number of nitrogens with one attached hydrogen (secondary N) is 2. The lowest BCUT2D eigenvalue weighted by Crippen LogP contribution is -2.47. The summed E-state index contributed by atoms with van der Waals surface area (Å²) in [6, 6.07) is 12.5. The molecule has 3 rings (SSSR count). The molecule has 0 bridgehead atoms. The molecule has 0 saturated heterocycles. The predicted molar refractivity (Wildman–Crippen MR) is 147 cm³/mol. The van der Waals surface area contributed by atoms with E-state index in [2.05, 4.69) is 10.6 Å². The maximum Gasteiger partial charge on any atom is 0.338 e. The molecule has 1 amide bonds. The van der Waals surface area contributed by atoms with Crippen molar-refractivity contribution in [2.24, 2.45) is 5.92 Å².